The molecule has 0 aliphatic carbocycles. The van der Waals surface area contributed by atoms with Crippen LogP contribution in [0.2, 0.25) is 0 Å². The molecule has 2 aromatic rings. The van der Waals surface area contributed by atoms with Gasteiger partial charge in [-0.05, 0) is 6.07 Å². The molecule has 4 nitrogen and oxygen atoms in total. The summed E-state index contributed by atoms with van der Waals surface area (Å²) in [7, 11) is 0. The molecule has 0 amide bonds. The fourth-order valence-corrected chi connectivity index (χ4v) is 2.58. The molecule has 4 heteroatoms. The molecule has 1 aromatic carbocycles. The van der Waals surface area contributed by atoms with Crippen LogP contribution in [0.1, 0.15) is 5.56 Å². The Morgan fingerprint density at radius 3 is 2.78 bits per heavy atom. The van der Waals surface area contributed by atoms with E-state index in [0.29, 0.717) is 6.54 Å². The van der Waals surface area contributed by atoms with Crippen molar-refractivity contribution in [1.29, 1.82) is 0 Å². The lowest BCUT2D eigenvalue weighted by molar-refractivity contribution is 0.589. The van der Waals surface area contributed by atoms with Gasteiger partial charge >= 0.3 is 0 Å². The largest absolute Gasteiger partial charge is 0.368 e. The molecule has 0 saturated carbocycles. The minimum absolute atomic E-state index is 0.539. The number of nitrogens with two attached hydrogens (primary N) is 1. The number of hydrogen-bond donors (Lipinski definition) is 2. The Morgan fingerprint density at radius 1 is 1.22 bits per heavy atom. The van der Waals surface area contributed by atoms with Gasteiger partial charge in [-0.3, -0.25) is 4.98 Å². The van der Waals surface area contributed by atoms with Crippen molar-refractivity contribution in [2.75, 3.05) is 31.1 Å². The van der Waals surface area contributed by atoms with Crippen LogP contribution in [0, 0.1) is 0 Å². The number of piperazine rings is 1. The number of benzene rings is 1. The topological polar surface area (TPSA) is 54.2 Å². The maximum atomic E-state index is 5.87. The molecule has 3 rings (SSSR count). The highest BCUT2D eigenvalue weighted by Gasteiger charge is 2.16. The van der Waals surface area contributed by atoms with Crippen molar-refractivity contribution in [3.63, 3.8) is 0 Å². The Morgan fingerprint density at radius 2 is 2.00 bits per heavy atom. The van der Waals surface area contributed by atoms with E-state index in [1.165, 1.54) is 11.1 Å². The van der Waals surface area contributed by atoms with Gasteiger partial charge in [0, 0.05) is 49.9 Å². The van der Waals surface area contributed by atoms with Gasteiger partial charge in [0.2, 0.25) is 0 Å². The molecule has 0 unspecified atom stereocenters. The maximum Gasteiger partial charge on any atom is 0.0723 e. The SMILES string of the molecule is NCc1cnc2ccccc2c1N1CCNCC1. The summed E-state index contributed by atoms with van der Waals surface area (Å²) >= 11 is 0. The molecule has 1 aliphatic heterocycles. The number of para-hydroxylation sites is 1. The molecule has 0 atom stereocenters. The average Bonchev–Trinajstić information content (AvgIpc) is 2.47. The lowest BCUT2D eigenvalue weighted by Crippen LogP contribution is -2.44. The van der Waals surface area contributed by atoms with E-state index in [1.807, 2.05) is 12.3 Å². The van der Waals surface area contributed by atoms with Gasteiger partial charge < -0.3 is 16.0 Å². The second kappa shape index (κ2) is 4.92. The van der Waals surface area contributed by atoms with Crippen LogP contribution in [-0.2, 0) is 6.54 Å². The van der Waals surface area contributed by atoms with Gasteiger partial charge in [-0.25, -0.2) is 0 Å². The van der Waals surface area contributed by atoms with Gasteiger partial charge in [-0.1, -0.05) is 18.2 Å². The molecular weight excluding hydrogens is 224 g/mol. The van der Waals surface area contributed by atoms with Crippen LogP contribution >= 0.6 is 0 Å². The van der Waals surface area contributed by atoms with Crippen LogP contribution in [0.3, 0.4) is 0 Å². The molecule has 2 heterocycles. The summed E-state index contributed by atoms with van der Waals surface area (Å²) in [6.45, 7) is 4.65. The first-order chi connectivity index (χ1) is 8.90. The number of nitrogens with one attached hydrogen (secondary N) is 1. The van der Waals surface area contributed by atoms with E-state index >= 15 is 0 Å². The van der Waals surface area contributed by atoms with Crippen molar-refractivity contribution < 1.29 is 0 Å². The average molecular weight is 242 g/mol. The van der Waals surface area contributed by atoms with Crippen LogP contribution in [-0.4, -0.2) is 31.2 Å². The van der Waals surface area contributed by atoms with Crippen LogP contribution in [0.4, 0.5) is 5.69 Å². The van der Waals surface area contributed by atoms with Crippen LogP contribution < -0.4 is 16.0 Å². The standard InChI is InChI=1S/C14H18N4/c15-9-11-10-17-13-4-2-1-3-12(13)14(11)18-7-5-16-6-8-18/h1-4,10,16H,5-9,15H2. The summed E-state index contributed by atoms with van der Waals surface area (Å²) in [5.41, 5.74) is 9.31. The number of nitrogens with zero attached hydrogens (tertiary/aromatic N) is 2. The van der Waals surface area contributed by atoms with E-state index in [-0.39, 0.29) is 0 Å². The number of rotatable bonds is 2. The zero-order valence-corrected chi connectivity index (χ0v) is 10.4. The first-order valence-electron chi connectivity index (χ1n) is 6.42. The number of pyridine rings is 1. The van der Waals surface area contributed by atoms with Gasteiger partial charge in [0.25, 0.3) is 0 Å². The highest BCUT2D eigenvalue weighted by atomic mass is 15.2. The van der Waals surface area contributed by atoms with E-state index in [2.05, 4.69) is 33.4 Å². The number of fused-ring (bicyclic) bond motifs is 1. The molecule has 0 bridgehead atoms. The molecule has 1 aliphatic rings. The molecule has 0 radical (unpaired) electrons. The van der Waals surface area contributed by atoms with Crippen molar-refractivity contribution in [3.05, 3.63) is 36.0 Å². The minimum Gasteiger partial charge on any atom is -0.368 e. The lowest BCUT2D eigenvalue weighted by atomic mass is 10.1. The zero-order valence-electron chi connectivity index (χ0n) is 10.4. The predicted molar refractivity (Wildman–Crippen MR) is 74.7 cm³/mol. The van der Waals surface area contributed by atoms with E-state index in [1.54, 1.807) is 0 Å². The Labute approximate surface area is 107 Å². The number of anilines is 1. The molecule has 1 aromatic heterocycles. The van der Waals surface area contributed by atoms with E-state index < -0.39 is 0 Å². The van der Waals surface area contributed by atoms with Crippen LogP contribution in [0.25, 0.3) is 10.9 Å². The second-order valence-corrected chi connectivity index (χ2v) is 4.59. The Balaban J connectivity index is 2.16. The molecule has 0 spiro atoms. The van der Waals surface area contributed by atoms with Gasteiger partial charge in [-0.2, -0.15) is 0 Å². The fraction of sp³-hybridized carbons (Fsp3) is 0.357. The Hall–Kier alpha value is -1.65. The van der Waals surface area contributed by atoms with Crippen molar-refractivity contribution in [1.82, 2.24) is 10.3 Å². The van der Waals surface area contributed by atoms with E-state index in [0.717, 1.165) is 37.3 Å². The summed E-state index contributed by atoms with van der Waals surface area (Å²) in [6.07, 6.45) is 1.92. The molecular formula is C14H18N4. The maximum absolute atomic E-state index is 5.87. The van der Waals surface area contributed by atoms with E-state index in [9.17, 15) is 0 Å². The summed E-state index contributed by atoms with van der Waals surface area (Å²) in [6, 6.07) is 8.29. The molecule has 3 N–H and O–H groups in total. The van der Waals surface area contributed by atoms with Crippen molar-refractivity contribution in [3.8, 4) is 0 Å². The normalized spacial score (nSPS) is 16.2. The summed E-state index contributed by atoms with van der Waals surface area (Å²) < 4.78 is 0. The quantitative estimate of drug-likeness (QED) is 0.828. The third kappa shape index (κ3) is 1.94. The Kier molecular flexibility index (Phi) is 3.13. The highest BCUT2D eigenvalue weighted by Crippen LogP contribution is 2.29. The van der Waals surface area contributed by atoms with Gasteiger partial charge in [0.05, 0.1) is 11.2 Å². The number of hydrogen-bond acceptors (Lipinski definition) is 4. The molecule has 94 valence electrons. The monoisotopic (exact) mass is 242 g/mol. The first-order valence-corrected chi connectivity index (χ1v) is 6.42. The van der Waals surface area contributed by atoms with Crippen molar-refractivity contribution in [2.24, 2.45) is 5.73 Å². The third-order valence-corrected chi connectivity index (χ3v) is 3.48. The lowest BCUT2D eigenvalue weighted by Gasteiger charge is -2.31. The van der Waals surface area contributed by atoms with Gasteiger partial charge in [0.1, 0.15) is 0 Å². The fourth-order valence-electron chi connectivity index (χ4n) is 2.58. The Bertz CT molecular complexity index is 546. The first kappa shape index (κ1) is 11.4. The second-order valence-electron chi connectivity index (χ2n) is 4.59. The third-order valence-electron chi connectivity index (χ3n) is 3.48. The summed E-state index contributed by atoms with van der Waals surface area (Å²) in [4.78, 5) is 6.90. The molecule has 1 saturated heterocycles. The predicted octanol–water partition coefficient (Wildman–Crippen LogP) is 1.10. The number of aromatic nitrogens is 1. The van der Waals surface area contributed by atoms with Crippen LogP contribution in [0.15, 0.2) is 30.5 Å². The summed E-state index contributed by atoms with van der Waals surface area (Å²) in [5.74, 6) is 0. The smallest absolute Gasteiger partial charge is 0.0723 e. The van der Waals surface area contributed by atoms with Crippen molar-refractivity contribution in [2.45, 2.75) is 6.54 Å². The highest BCUT2D eigenvalue weighted by molar-refractivity contribution is 5.93. The molecule has 18 heavy (non-hydrogen) atoms. The van der Waals surface area contributed by atoms with Crippen LogP contribution in [0.5, 0.6) is 0 Å². The van der Waals surface area contributed by atoms with Gasteiger partial charge in [0.15, 0.2) is 0 Å². The zero-order chi connectivity index (χ0) is 12.4. The molecule has 1 fully saturated rings. The minimum atomic E-state index is 0.539. The summed E-state index contributed by atoms with van der Waals surface area (Å²) in [5, 5.41) is 4.59. The van der Waals surface area contributed by atoms with Gasteiger partial charge in [-0.15, -0.1) is 0 Å². The van der Waals surface area contributed by atoms with E-state index in [4.69, 9.17) is 5.73 Å². The van der Waals surface area contributed by atoms with Crippen molar-refractivity contribution >= 4 is 16.6 Å².